The number of fused-ring (bicyclic) bond motifs is 1. The van der Waals surface area contributed by atoms with E-state index >= 15 is 0 Å². The quantitative estimate of drug-likeness (QED) is 0.704. The van der Waals surface area contributed by atoms with Crippen molar-refractivity contribution in [2.45, 2.75) is 17.9 Å². The van der Waals surface area contributed by atoms with E-state index in [9.17, 15) is 13.2 Å². The monoisotopic (exact) mass is 395 g/mol. The summed E-state index contributed by atoms with van der Waals surface area (Å²) in [5.74, 6) is 0.927. The molecule has 1 fully saturated rings. The summed E-state index contributed by atoms with van der Waals surface area (Å²) >= 11 is 0. The Hall–Kier alpha value is -2.10. The molecule has 3 rings (SSSR count). The fourth-order valence-corrected chi connectivity index (χ4v) is 4.59. The predicted molar refractivity (Wildman–Crippen MR) is 100 cm³/mol. The van der Waals surface area contributed by atoms with Crippen LogP contribution in [0.25, 0.3) is 0 Å². The van der Waals surface area contributed by atoms with Crippen LogP contribution in [0.1, 0.15) is 6.92 Å². The lowest BCUT2D eigenvalue weighted by Crippen LogP contribution is -2.54. The first-order valence-corrected chi connectivity index (χ1v) is 10.4. The Balaban J connectivity index is 1.64. The molecule has 1 saturated heterocycles. The molecule has 0 aliphatic carbocycles. The summed E-state index contributed by atoms with van der Waals surface area (Å²) < 4.78 is 38.3. The molecule has 2 aliphatic heterocycles. The lowest BCUT2D eigenvalue weighted by atomic mass is 10.2. The molecule has 0 radical (unpaired) electrons. The number of hydrogen-bond acceptors (Lipinski definition) is 6. The van der Waals surface area contributed by atoms with E-state index in [1.165, 1.54) is 10.4 Å². The number of sulfonamides is 1. The topological polar surface area (TPSA) is 88.2 Å². The zero-order valence-electron chi connectivity index (χ0n) is 15.4. The lowest BCUT2D eigenvalue weighted by molar-refractivity contribution is -0.126. The van der Waals surface area contributed by atoms with Crippen molar-refractivity contribution in [3.63, 3.8) is 0 Å². The summed E-state index contributed by atoms with van der Waals surface area (Å²) in [7, 11) is -3.62. The molecule has 1 unspecified atom stereocenters. The third kappa shape index (κ3) is 4.26. The van der Waals surface area contributed by atoms with Gasteiger partial charge in [-0.05, 0) is 19.1 Å². The highest BCUT2D eigenvalue weighted by atomic mass is 32.2. The third-order valence-electron chi connectivity index (χ3n) is 4.77. The Kier molecular flexibility index (Phi) is 6.03. The van der Waals surface area contributed by atoms with Gasteiger partial charge in [-0.1, -0.05) is 6.08 Å². The zero-order chi connectivity index (χ0) is 19.4. The number of hydrogen-bond donors (Lipinski definition) is 1. The smallest absolute Gasteiger partial charge is 0.243 e. The van der Waals surface area contributed by atoms with E-state index in [4.69, 9.17) is 9.47 Å². The standard InChI is InChI=1S/C18H25N3O5S/c1-3-6-19-18(22)14(2)20-7-9-21(10-8-20)27(23,24)15-4-5-16-17(13-15)26-12-11-25-16/h3-5,13-14H,1,6-12H2,2H3,(H,19,22). The van der Waals surface area contributed by atoms with E-state index in [0.717, 1.165) is 0 Å². The predicted octanol–water partition coefficient (Wildman–Crippen LogP) is 0.455. The summed E-state index contributed by atoms with van der Waals surface area (Å²) in [6.07, 6.45) is 1.63. The second-order valence-corrected chi connectivity index (χ2v) is 8.39. The number of carbonyl (C=O) groups excluding carboxylic acids is 1. The molecule has 1 aromatic carbocycles. The number of nitrogens with zero attached hydrogens (tertiary/aromatic N) is 2. The summed E-state index contributed by atoms with van der Waals surface area (Å²) in [5.41, 5.74) is 0. The fraction of sp³-hybridized carbons (Fsp3) is 0.500. The van der Waals surface area contributed by atoms with Crippen LogP contribution in [0.5, 0.6) is 11.5 Å². The van der Waals surface area contributed by atoms with Crippen LogP contribution < -0.4 is 14.8 Å². The molecule has 0 bridgehead atoms. The fourth-order valence-electron chi connectivity index (χ4n) is 3.15. The average molecular weight is 395 g/mol. The molecule has 2 aliphatic rings. The van der Waals surface area contributed by atoms with Crippen LogP contribution in [0.15, 0.2) is 35.7 Å². The first-order chi connectivity index (χ1) is 12.9. The molecule has 8 nitrogen and oxygen atoms in total. The van der Waals surface area contributed by atoms with Crippen molar-refractivity contribution in [1.82, 2.24) is 14.5 Å². The van der Waals surface area contributed by atoms with E-state index in [0.29, 0.717) is 57.4 Å². The normalized spacial score (nSPS) is 19.3. The first kappa shape index (κ1) is 19.7. The van der Waals surface area contributed by atoms with Crippen LogP contribution in [-0.4, -0.2) is 75.5 Å². The highest BCUT2D eigenvalue weighted by Gasteiger charge is 2.32. The van der Waals surface area contributed by atoms with Crippen LogP contribution >= 0.6 is 0 Å². The number of ether oxygens (including phenoxy) is 2. The Morgan fingerprint density at radius 3 is 2.56 bits per heavy atom. The number of nitrogens with one attached hydrogen (secondary N) is 1. The molecule has 0 spiro atoms. The third-order valence-corrected chi connectivity index (χ3v) is 6.67. The Morgan fingerprint density at radius 1 is 1.22 bits per heavy atom. The molecule has 2 heterocycles. The van der Waals surface area contributed by atoms with Gasteiger partial charge in [0.1, 0.15) is 13.2 Å². The Labute approximate surface area is 159 Å². The van der Waals surface area contributed by atoms with Crippen molar-refractivity contribution in [2.24, 2.45) is 0 Å². The molecule has 1 atom stereocenters. The van der Waals surface area contributed by atoms with E-state index in [2.05, 4.69) is 11.9 Å². The molecular formula is C18H25N3O5S. The Bertz CT molecular complexity index is 803. The second-order valence-electron chi connectivity index (χ2n) is 6.46. The van der Waals surface area contributed by atoms with Crippen LogP contribution in [0.3, 0.4) is 0 Å². The number of piperazine rings is 1. The average Bonchev–Trinajstić information content (AvgIpc) is 2.71. The molecule has 148 valence electrons. The van der Waals surface area contributed by atoms with Gasteiger partial charge < -0.3 is 14.8 Å². The van der Waals surface area contributed by atoms with Gasteiger partial charge in [-0.2, -0.15) is 4.31 Å². The van der Waals surface area contributed by atoms with E-state index in [-0.39, 0.29) is 16.8 Å². The van der Waals surface area contributed by atoms with Gasteiger partial charge in [0, 0.05) is 38.8 Å². The summed E-state index contributed by atoms with van der Waals surface area (Å²) in [4.78, 5) is 14.3. The number of benzene rings is 1. The largest absolute Gasteiger partial charge is 0.486 e. The lowest BCUT2D eigenvalue weighted by Gasteiger charge is -2.36. The van der Waals surface area contributed by atoms with Gasteiger partial charge in [-0.25, -0.2) is 8.42 Å². The maximum absolute atomic E-state index is 12.9. The Morgan fingerprint density at radius 2 is 1.89 bits per heavy atom. The summed E-state index contributed by atoms with van der Waals surface area (Å²) in [6, 6.07) is 4.37. The molecule has 0 aromatic heterocycles. The van der Waals surface area contributed by atoms with E-state index in [1.807, 2.05) is 11.8 Å². The van der Waals surface area contributed by atoms with Crippen LogP contribution in [-0.2, 0) is 14.8 Å². The molecule has 1 amide bonds. The van der Waals surface area contributed by atoms with Crippen molar-refractivity contribution in [2.75, 3.05) is 45.9 Å². The van der Waals surface area contributed by atoms with Gasteiger partial charge >= 0.3 is 0 Å². The minimum Gasteiger partial charge on any atom is -0.486 e. The maximum Gasteiger partial charge on any atom is 0.243 e. The van der Waals surface area contributed by atoms with Gasteiger partial charge in [0.15, 0.2) is 11.5 Å². The van der Waals surface area contributed by atoms with E-state index < -0.39 is 10.0 Å². The van der Waals surface area contributed by atoms with Crippen molar-refractivity contribution in [1.29, 1.82) is 0 Å². The molecule has 1 N–H and O–H groups in total. The molecule has 27 heavy (non-hydrogen) atoms. The van der Waals surface area contributed by atoms with Gasteiger partial charge in [-0.15, -0.1) is 6.58 Å². The van der Waals surface area contributed by atoms with Crippen molar-refractivity contribution in [3.05, 3.63) is 30.9 Å². The summed E-state index contributed by atoms with van der Waals surface area (Å²) in [6.45, 7) is 8.32. The zero-order valence-corrected chi connectivity index (χ0v) is 16.2. The number of carbonyl (C=O) groups is 1. The van der Waals surface area contributed by atoms with Gasteiger partial charge in [0.2, 0.25) is 15.9 Å². The number of amides is 1. The highest BCUT2D eigenvalue weighted by molar-refractivity contribution is 7.89. The van der Waals surface area contributed by atoms with Gasteiger partial charge in [0.25, 0.3) is 0 Å². The molecule has 9 heteroatoms. The highest BCUT2D eigenvalue weighted by Crippen LogP contribution is 2.33. The van der Waals surface area contributed by atoms with Gasteiger partial charge in [-0.3, -0.25) is 9.69 Å². The van der Waals surface area contributed by atoms with Gasteiger partial charge in [0.05, 0.1) is 10.9 Å². The summed E-state index contributed by atoms with van der Waals surface area (Å²) in [5, 5.41) is 2.77. The SMILES string of the molecule is C=CCNC(=O)C(C)N1CCN(S(=O)(=O)c2ccc3c(c2)OCCO3)CC1. The van der Waals surface area contributed by atoms with Crippen molar-refractivity contribution < 1.29 is 22.7 Å². The molecule has 1 aromatic rings. The first-order valence-electron chi connectivity index (χ1n) is 8.96. The van der Waals surface area contributed by atoms with Crippen molar-refractivity contribution >= 4 is 15.9 Å². The molecular weight excluding hydrogens is 370 g/mol. The van der Waals surface area contributed by atoms with Crippen LogP contribution in [0.2, 0.25) is 0 Å². The van der Waals surface area contributed by atoms with Crippen molar-refractivity contribution in [3.8, 4) is 11.5 Å². The molecule has 0 saturated carbocycles. The minimum atomic E-state index is -3.62. The minimum absolute atomic E-state index is 0.0851. The maximum atomic E-state index is 12.9. The van der Waals surface area contributed by atoms with Crippen LogP contribution in [0, 0.1) is 0 Å². The second kappa shape index (κ2) is 8.28. The van der Waals surface area contributed by atoms with E-state index in [1.54, 1.807) is 18.2 Å². The number of rotatable bonds is 6. The van der Waals surface area contributed by atoms with Crippen LogP contribution in [0.4, 0.5) is 0 Å².